The van der Waals surface area contributed by atoms with Crippen LogP contribution in [-0.4, -0.2) is 65.0 Å². The number of nitrogens with one attached hydrogen (secondary N) is 2. The first-order chi connectivity index (χ1) is 14.0. The summed E-state index contributed by atoms with van der Waals surface area (Å²) in [6.45, 7) is 3.31. The van der Waals surface area contributed by atoms with Gasteiger partial charge in [-0.25, -0.2) is 0 Å². The molecule has 0 atom stereocenters. The number of amides is 2. The maximum Gasteiger partial charge on any atom is 0.253 e. The molecule has 0 aliphatic carbocycles. The van der Waals surface area contributed by atoms with Crippen LogP contribution in [0.25, 0.3) is 10.6 Å². The van der Waals surface area contributed by atoms with E-state index in [0.717, 1.165) is 42.4 Å². The number of nitrogens with zero attached hydrogens (tertiary/aromatic N) is 3. The van der Waals surface area contributed by atoms with Crippen LogP contribution in [0, 0.1) is 0 Å². The van der Waals surface area contributed by atoms with Crippen LogP contribution in [0.3, 0.4) is 0 Å². The van der Waals surface area contributed by atoms with Crippen molar-refractivity contribution >= 4 is 34.7 Å². The molecule has 3 heterocycles. The Labute approximate surface area is 172 Å². The number of benzene rings is 1. The molecule has 0 bridgehead atoms. The largest absolute Gasteiger partial charge is 0.366 e. The molecule has 1 saturated heterocycles. The van der Waals surface area contributed by atoms with Crippen LogP contribution in [-0.2, 0) is 0 Å². The van der Waals surface area contributed by atoms with Crippen LogP contribution in [0.2, 0.25) is 0 Å². The molecule has 0 spiro atoms. The maximum absolute atomic E-state index is 12.6. The van der Waals surface area contributed by atoms with Crippen molar-refractivity contribution in [2.24, 2.45) is 5.73 Å². The molecule has 2 amide bonds. The van der Waals surface area contributed by atoms with Gasteiger partial charge in [-0.3, -0.25) is 14.7 Å². The number of carbonyl (C=O) groups is 2. The highest BCUT2D eigenvalue weighted by Gasteiger charge is 2.20. The van der Waals surface area contributed by atoms with E-state index in [1.165, 1.54) is 11.3 Å². The van der Waals surface area contributed by atoms with Gasteiger partial charge in [0.2, 0.25) is 5.91 Å². The van der Waals surface area contributed by atoms with Gasteiger partial charge in [0, 0.05) is 48.9 Å². The summed E-state index contributed by atoms with van der Waals surface area (Å²) in [4.78, 5) is 28.9. The lowest BCUT2D eigenvalue weighted by Crippen LogP contribution is -2.47. The van der Waals surface area contributed by atoms with Crippen molar-refractivity contribution in [3.8, 4) is 10.6 Å². The van der Waals surface area contributed by atoms with Gasteiger partial charge >= 0.3 is 0 Å². The maximum atomic E-state index is 12.6. The number of hydrogen-bond acceptors (Lipinski definition) is 6. The van der Waals surface area contributed by atoms with E-state index in [-0.39, 0.29) is 5.91 Å². The van der Waals surface area contributed by atoms with Crippen molar-refractivity contribution in [1.82, 2.24) is 20.0 Å². The number of anilines is 2. The van der Waals surface area contributed by atoms with Crippen molar-refractivity contribution in [3.05, 3.63) is 52.9 Å². The lowest BCUT2D eigenvalue weighted by molar-refractivity contribution is 0.0664. The third kappa shape index (κ3) is 4.30. The molecule has 1 aliphatic heterocycles. The average molecular weight is 411 g/mol. The van der Waals surface area contributed by atoms with Crippen LogP contribution < -0.4 is 11.1 Å². The Morgan fingerprint density at radius 3 is 2.48 bits per heavy atom. The minimum absolute atomic E-state index is 0.0645. The molecule has 0 radical (unpaired) electrons. The minimum atomic E-state index is -0.448. The van der Waals surface area contributed by atoms with Crippen LogP contribution >= 0.6 is 11.3 Å². The second-order valence-corrected chi connectivity index (χ2v) is 7.94. The fourth-order valence-electron chi connectivity index (χ4n) is 3.15. The lowest BCUT2D eigenvalue weighted by Gasteiger charge is -2.32. The topological polar surface area (TPSA) is 107 Å². The number of nitrogens with two attached hydrogens (primary N) is 1. The van der Waals surface area contributed by atoms with Gasteiger partial charge in [-0.15, -0.1) is 11.3 Å². The van der Waals surface area contributed by atoms with Crippen LogP contribution in [0.15, 0.2) is 41.8 Å². The Balaban J connectivity index is 1.40. The molecular formula is C20H22N6O2S. The molecule has 1 aliphatic rings. The molecule has 8 nitrogen and oxygen atoms in total. The van der Waals surface area contributed by atoms with Crippen molar-refractivity contribution < 1.29 is 9.59 Å². The van der Waals surface area contributed by atoms with Gasteiger partial charge in [0.25, 0.3) is 5.91 Å². The zero-order valence-electron chi connectivity index (χ0n) is 16.0. The molecule has 4 N–H and O–H groups in total. The monoisotopic (exact) mass is 410 g/mol. The van der Waals surface area contributed by atoms with E-state index in [2.05, 4.69) is 27.5 Å². The first-order valence-corrected chi connectivity index (χ1v) is 10.2. The number of aromatic amines is 1. The normalized spacial score (nSPS) is 14.7. The van der Waals surface area contributed by atoms with Crippen LogP contribution in [0.4, 0.5) is 11.5 Å². The van der Waals surface area contributed by atoms with Crippen molar-refractivity contribution in [3.63, 3.8) is 0 Å². The SMILES string of the molecule is CN1CCN(C(=O)c2ccc(Nc3cc(-c4cc(C(N)=O)cs4)[nH]n3)cc2)CC1. The lowest BCUT2D eigenvalue weighted by atomic mass is 10.1. The first kappa shape index (κ1) is 19.2. The van der Waals surface area contributed by atoms with E-state index in [1.807, 2.05) is 35.2 Å². The number of thiophene rings is 1. The Bertz CT molecular complexity index is 1020. The fourth-order valence-corrected chi connectivity index (χ4v) is 4.02. The minimum Gasteiger partial charge on any atom is -0.366 e. The number of H-pyrrole nitrogens is 1. The smallest absolute Gasteiger partial charge is 0.253 e. The zero-order valence-corrected chi connectivity index (χ0v) is 16.8. The van der Waals surface area contributed by atoms with Crippen molar-refractivity contribution in [2.75, 3.05) is 38.5 Å². The predicted octanol–water partition coefficient (Wildman–Crippen LogP) is 2.37. The Morgan fingerprint density at radius 1 is 1.10 bits per heavy atom. The Morgan fingerprint density at radius 2 is 1.83 bits per heavy atom. The number of rotatable bonds is 5. The van der Waals surface area contributed by atoms with Crippen molar-refractivity contribution in [2.45, 2.75) is 0 Å². The van der Waals surface area contributed by atoms with Gasteiger partial charge in [0.1, 0.15) is 0 Å². The first-order valence-electron chi connectivity index (χ1n) is 9.28. The predicted molar refractivity (Wildman–Crippen MR) is 114 cm³/mol. The summed E-state index contributed by atoms with van der Waals surface area (Å²) < 4.78 is 0. The summed E-state index contributed by atoms with van der Waals surface area (Å²) in [6, 6.07) is 11.0. The van der Waals surface area contributed by atoms with Gasteiger partial charge in [0.15, 0.2) is 5.82 Å². The van der Waals surface area contributed by atoms with Gasteiger partial charge in [-0.05, 0) is 37.4 Å². The summed E-state index contributed by atoms with van der Waals surface area (Å²) in [6.07, 6.45) is 0. The second-order valence-electron chi connectivity index (χ2n) is 7.03. The number of carbonyl (C=O) groups excluding carboxylic acids is 2. The molecule has 2 aromatic heterocycles. The van der Waals surface area contributed by atoms with E-state index in [1.54, 1.807) is 11.4 Å². The average Bonchev–Trinajstić information content (AvgIpc) is 3.38. The highest BCUT2D eigenvalue weighted by Crippen LogP contribution is 2.28. The zero-order chi connectivity index (χ0) is 20.4. The number of piperazine rings is 1. The van der Waals surface area contributed by atoms with E-state index in [4.69, 9.17) is 5.73 Å². The molecule has 29 heavy (non-hydrogen) atoms. The number of aromatic nitrogens is 2. The number of primary amides is 1. The van der Waals surface area contributed by atoms with Gasteiger partial charge in [0.05, 0.1) is 16.1 Å². The quantitative estimate of drug-likeness (QED) is 0.599. The third-order valence-electron chi connectivity index (χ3n) is 4.92. The van der Waals surface area contributed by atoms with E-state index in [9.17, 15) is 9.59 Å². The second kappa shape index (κ2) is 8.06. The molecule has 4 rings (SSSR count). The number of hydrogen-bond donors (Lipinski definition) is 3. The molecule has 1 fully saturated rings. The highest BCUT2D eigenvalue weighted by molar-refractivity contribution is 7.13. The third-order valence-corrected chi connectivity index (χ3v) is 5.89. The molecule has 9 heteroatoms. The van der Waals surface area contributed by atoms with Gasteiger partial charge < -0.3 is 20.9 Å². The summed E-state index contributed by atoms with van der Waals surface area (Å²) >= 11 is 1.42. The van der Waals surface area contributed by atoms with E-state index in [0.29, 0.717) is 16.9 Å². The molecule has 1 aromatic carbocycles. The van der Waals surface area contributed by atoms with E-state index >= 15 is 0 Å². The highest BCUT2D eigenvalue weighted by atomic mass is 32.1. The Hall–Kier alpha value is -3.17. The van der Waals surface area contributed by atoms with E-state index < -0.39 is 5.91 Å². The summed E-state index contributed by atoms with van der Waals surface area (Å²) in [5.74, 6) is 0.262. The molecular weight excluding hydrogens is 388 g/mol. The van der Waals surface area contributed by atoms with Crippen LogP contribution in [0.1, 0.15) is 20.7 Å². The molecule has 0 saturated carbocycles. The Kier molecular flexibility index (Phi) is 5.32. The van der Waals surface area contributed by atoms with Crippen LogP contribution in [0.5, 0.6) is 0 Å². The molecule has 150 valence electrons. The summed E-state index contributed by atoms with van der Waals surface area (Å²) in [7, 11) is 2.07. The standard InChI is InChI=1S/C20H22N6O2S/c1-25-6-8-26(9-7-25)20(28)13-2-4-15(5-3-13)22-18-11-16(23-24-18)17-10-14(12-29-17)19(21)27/h2-5,10-12H,6-9H2,1H3,(H2,21,27)(H2,22,23,24). The van der Waals surface area contributed by atoms with Gasteiger partial charge in [-0.1, -0.05) is 0 Å². The summed E-state index contributed by atoms with van der Waals surface area (Å²) in [5, 5.41) is 12.1. The van der Waals surface area contributed by atoms with Gasteiger partial charge in [-0.2, -0.15) is 5.10 Å². The summed E-state index contributed by atoms with van der Waals surface area (Å²) in [5.41, 5.74) is 8.10. The molecule has 0 unspecified atom stereocenters. The molecule has 3 aromatic rings. The number of likely N-dealkylation sites (N-methyl/N-ethyl adjacent to an activating group) is 1. The van der Waals surface area contributed by atoms with Crippen molar-refractivity contribution in [1.29, 1.82) is 0 Å². The fraction of sp³-hybridized carbons (Fsp3) is 0.250.